The monoisotopic (exact) mass is 251 g/mol. The number of benzene rings is 1. The van der Waals surface area contributed by atoms with Crippen molar-refractivity contribution in [3.63, 3.8) is 0 Å². The fraction of sp³-hybridized carbons (Fsp3) is 0.571. The Kier molecular flexibility index (Phi) is 4.44. The van der Waals surface area contributed by atoms with E-state index in [-0.39, 0.29) is 6.10 Å². The summed E-state index contributed by atoms with van der Waals surface area (Å²) in [6.07, 6.45) is 0.196. The quantitative estimate of drug-likeness (QED) is 0.868. The average molecular weight is 251 g/mol. The summed E-state index contributed by atoms with van der Waals surface area (Å²) in [6, 6.07) is 6.37. The van der Waals surface area contributed by atoms with Gasteiger partial charge in [0.15, 0.2) is 11.5 Å². The number of ether oxygens (including phenoxy) is 3. The molecule has 0 radical (unpaired) electrons. The fourth-order valence-corrected chi connectivity index (χ4v) is 1.85. The molecule has 1 aromatic carbocycles. The van der Waals surface area contributed by atoms with Gasteiger partial charge in [-0.2, -0.15) is 0 Å². The van der Waals surface area contributed by atoms with Gasteiger partial charge in [0, 0.05) is 19.7 Å². The van der Waals surface area contributed by atoms with E-state index < -0.39 is 0 Å². The number of fused-ring (bicyclic) bond motifs is 1. The normalized spacial score (nSPS) is 17.3. The summed E-state index contributed by atoms with van der Waals surface area (Å²) >= 11 is 0. The van der Waals surface area contributed by atoms with Gasteiger partial charge in [0.05, 0.1) is 6.10 Å². The third-order valence-corrected chi connectivity index (χ3v) is 3.31. The molecule has 2 atom stereocenters. The molecule has 0 aromatic heterocycles. The van der Waals surface area contributed by atoms with Crippen LogP contribution in [-0.4, -0.2) is 32.5 Å². The highest BCUT2D eigenvalue weighted by Gasteiger charge is 2.13. The van der Waals surface area contributed by atoms with Crippen LogP contribution in [0.25, 0.3) is 0 Å². The highest BCUT2D eigenvalue weighted by atomic mass is 16.6. The Labute approximate surface area is 108 Å². The highest BCUT2D eigenvalue weighted by molar-refractivity contribution is 5.43. The van der Waals surface area contributed by atoms with E-state index in [1.165, 1.54) is 5.56 Å². The molecule has 0 saturated carbocycles. The molecular weight excluding hydrogens is 230 g/mol. The molecule has 1 aliphatic heterocycles. The first-order chi connectivity index (χ1) is 8.70. The van der Waals surface area contributed by atoms with E-state index in [0.29, 0.717) is 19.3 Å². The summed E-state index contributed by atoms with van der Waals surface area (Å²) < 4.78 is 16.3. The Hall–Kier alpha value is -1.26. The van der Waals surface area contributed by atoms with Gasteiger partial charge in [-0.15, -0.1) is 0 Å². The molecule has 1 aromatic rings. The van der Waals surface area contributed by atoms with Crippen molar-refractivity contribution in [1.82, 2.24) is 5.32 Å². The van der Waals surface area contributed by atoms with Gasteiger partial charge in [-0.1, -0.05) is 6.07 Å². The number of methoxy groups -OCH3 is 1. The molecule has 0 fully saturated rings. The zero-order chi connectivity index (χ0) is 13.0. The average Bonchev–Trinajstić information content (AvgIpc) is 2.43. The van der Waals surface area contributed by atoms with Gasteiger partial charge in [-0.05, 0) is 31.5 Å². The minimum absolute atomic E-state index is 0.196. The largest absolute Gasteiger partial charge is 0.486 e. The van der Waals surface area contributed by atoms with Crippen molar-refractivity contribution in [2.24, 2.45) is 0 Å². The summed E-state index contributed by atoms with van der Waals surface area (Å²) in [7, 11) is 1.73. The Morgan fingerprint density at radius 1 is 1.22 bits per heavy atom. The molecule has 2 rings (SSSR count). The molecule has 1 heterocycles. The Bertz CT molecular complexity index is 395. The van der Waals surface area contributed by atoms with Crippen molar-refractivity contribution in [2.45, 2.75) is 32.5 Å². The van der Waals surface area contributed by atoms with Crippen molar-refractivity contribution in [1.29, 1.82) is 0 Å². The first-order valence-corrected chi connectivity index (χ1v) is 6.35. The van der Waals surface area contributed by atoms with E-state index in [4.69, 9.17) is 14.2 Å². The number of hydrogen-bond donors (Lipinski definition) is 1. The molecule has 0 saturated heterocycles. The lowest BCUT2D eigenvalue weighted by atomic mass is 10.1. The Balaban J connectivity index is 1.94. The van der Waals surface area contributed by atoms with Crippen LogP contribution in [0.3, 0.4) is 0 Å². The van der Waals surface area contributed by atoms with E-state index in [2.05, 4.69) is 25.2 Å². The summed E-state index contributed by atoms with van der Waals surface area (Å²) in [4.78, 5) is 0. The lowest BCUT2D eigenvalue weighted by Crippen LogP contribution is -2.36. The highest BCUT2D eigenvalue weighted by Crippen LogP contribution is 2.30. The van der Waals surface area contributed by atoms with Crippen molar-refractivity contribution >= 4 is 0 Å². The standard InChI is InChI=1S/C14H21NO3/c1-10(11(2)16-3)15-9-12-4-5-13-14(8-12)18-7-6-17-13/h4-5,8,10-11,15H,6-7,9H2,1-3H3. The van der Waals surface area contributed by atoms with E-state index in [0.717, 1.165) is 18.0 Å². The first kappa shape index (κ1) is 13.2. The molecule has 4 nitrogen and oxygen atoms in total. The van der Waals surface area contributed by atoms with E-state index >= 15 is 0 Å². The maximum absolute atomic E-state index is 5.56. The molecule has 4 heteroatoms. The van der Waals surface area contributed by atoms with Crippen LogP contribution in [0.4, 0.5) is 0 Å². The summed E-state index contributed by atoms with van der Waals surface area (Å²) in [6.45, 7) is 6.23. The number of nitrogens with one attached hydrogen (secondary N) is 1. The topological polar surface area (TPSA) is 39.7 Å². The summed E-state index contributed by atoms with van der Waals surface area (Å²) in [5, 5.41) is 3.44. The molecule has 0 bridgehead atoms. The molecule has 0 aliphatic carbocycles. The number of rotatable bonds is 5. The lowest BCUT2D eigenvalue weighted by molar-refractivity contribution is 0.0882. The minimum Gasteiger partial charge on any atom is -0.486 e. The smallest absolute Gasteiger partial charge is 0.161 e. The predicted octanol–water partition coefficient (Wildman–Crippen LogP) is 1.97. The van der Waals surface area contributed by atoms with Crippen molar-refractivity contribution in [3.8, 4) is 11.5 Å². The molecule has 1 N–H and O–H groups in total. The molecular formula is C14H21NO3. The van der Waals surface area contributed by atoms with Gasteiger partial charge in [-0.25, -0.2) is 0 Å². The maximum Gasteiger partial charge on any atom is 0.161 e. The van der Waals surface area contributed by atoms with Crippen LogP contribution in [0.15, 0.2) is 18.2 Å². The van der Waals surface area contributed by atoms with Gasteiger partial charge in [0.25, 0.3) is 0 Å². The van der Waals surface area contributed by atoms with Crippen LogP contribution in [0.2, 0.25) is 0 Å². The van der Waals surface area contributed by atoms with Crippen LogP contribution in [0, 0.1) is 0 Å². The second-order valence-corrected chi connectivity index (χ2v) is 4.59. The molecule has 18 heavy (non-hydrogen) atoms. The van der Waals surface area contributed by atoms with Crippen molar-refractivity contribution < 1.29 is 14.2 Å². The van der Waals surface area contributed by atoms with Crippen molar-refractivity contribution in [2.75, 3.05) is 20.3 Å². The van der Waals surface area contributed by atoms with E-state index in [1.807, 2.05) is 12.1 Å². The summed E-state index contributed by atoms with van der Waals surface area (Å²) in [5.41, 5.74) is 1.19. The molecule has 0 spiro atoms. The Morgan fingerprint density at radius 3 is 2.67 bits per heavy atom. The van der Waals surface area contributed by atoms with E-state index in [1.54, 1.807) is 7.11 Å². The van der Waals surface area contributed by atoms with Crippen LogP contribution in [-0.2, 0) is 11.3 Å². The van der Waals surface area contributed by atoms with Crippen LogP contribution >= 0.6 is 0 Å². The first-order valence-electron chi connectivity index (χ1n) is 6.35. The maximum atomic E-state index is 5.56. The zero-order valence-corrected chi connectivity index (χ0v) is 11.2. The van der Waals surface area contributed by atoms with Crippen LogP contribution in [0.5, 0.6) is 11.5 Å². The van der Waals surface area contributed by atoms with Gasteiger partial charge in [-0.3, -0.25) is 0 Å². The zero-order valence-electron chi connectivity index (χ0n) is 11.2. The van der Waals surface area contributed by atoms with Crippen molar-refractivity contribution in [3.05, 3.63) is 23.8 Å². The summed E-state index contributed by atoms with van der Waals surface area (Å²) in [5.74, 6) is 1.68. The van der Waals surface area contributed by atoms with Crippen LogP contribution < -0.4 is 14.8 Å². The minimum atomic E-state index is 0.196. The second-order valence-electron chi connectivity index (χ2n) is 4.59. The lowest BCUT2D eigenvalue weighted by Gasteiger charge is -2.21. The Morgan fingerprint density at radius 2 is 1.94 bits per heavy atom. The van der Waals surface area contributed by atoms with Gasteiger partial charge >= 0.3 is 0 Å². The molecule has 100 valence electrons. The van der Waals surface area contributed by atoms with Crippen LogP contribution in [0.1, 0.15) is 19.4 Å². The van der Waals surface area contributed by atoms with Gasteiger partial charge in [0.1, 0.15) is 13.2 Å². The third-order valence-electron chi connectivity index (χ3n) is 3.31. The third kappa shape index (κ3) is 3.15. The van der Waals surface area contributed by atoms with Gasteiger partial charge < -0.3 is 19.5 Å². The molecule has 1 aliphatic rings. The second kappa shape index (κ2) is 6.07. The fourth-order valence-electron chi connectivity index (χ4n) is 1.85. The molecule has 2 unspecified atom stereocenters. The molecule has 0 amide bonds. The number of hydrogen-bond acceptors (Lipinski definition) is 4. The predicted molar refractivity (Wildman–Crippen MR) is 70.2 cm³/mol. The SMILES string of the molecule is COC(C)C(C)NCc1ccc2c(c1)OCCO2. The van der Waals surface area contributed by atoms with E-state index in [9.17, 15) is 0 Å². The van der Waals surface area contributed by atoms with Gasteiger partial charge in [0.2, 0.25) is 0 Å².